The van der Waals surface area contributed by atoms with Gasteiger partial charge in [0, 0.05) is 17.3 Å². The first-order chi connectivity index (χ1) is 12.4. The Bertz CT molecular complexity index is 861. The summed E-state index contributed by atoms with van der Waals surface area (Å²) in [5.74, 6) is -0.497. The molecule has 1 aromatic carbocycles. The first kappa shape index (κ1) is 18.6. The van der Waals surface area contributed by atoms with Crippen LogP contribution in [0.25, 0.3) is 0 Å². The molecule has 1 saturated carbocycles. The summed E-state index contributed by atoms with van der Waals surface area (Å²) in [5, 5.41) is 8.22. The molecule has 0 unspecified atom stereocenters. The molecule has 0 aliphatic heterocycles. The van der Waals surface area contributed by atoms with E-state index in [1.807, 2.05) is 19.1 Å². The quantitative estimate of drug-likeness (QED) is 0.648. The standard InChI is InChI=1S/C18H18BrN3O3S/c1-10-2-5-12(21-17(24)11-3-4-11)8-13(10)22-16(23)9-20-18(25)14-6-7-15(19)26-14/h2,5-8,11H,3-4,9H2,1H3,(H,20,25)(H,21,24)(H,22,23). The van der Waals surface area contributed by atoms with Crippen molar-refractivity contribution in [3.8, 4) is 0 Å². The number of rotatable bonds is 6. The molecule has 0 atom stereocenters. The van der Waals surface area contributed by atoms with Gasteiger partial charge in [-0.25, -0.2) is 0 Å². The average molecular weight is 436 g/mol. The maximum Gasteiger partial charge on any atom is 0.261 e. The highest BCUT2D eigenvalue weighted by atomic mass is 79.9. The van der Waals surface area contributed by atoms with E-state index in [1.54, 1.807) is 18.2 Å². The lowest BCUT2D eigenvalue weighted by atomic mass is 10.1. The highest BCUT2D eigenvalue weighted by Gasteiger charge is 2.29. The SMILES string of the molecule is Cc1ccc(NC(=O)C2CC2)cc1NC(=O)CNC(=O)c1ccc(Br)s1. The number of carbonyl (C=O) groups excluding carboxylic acids is 3. The van der Waals surface area contributed by atoms with Gasteiger partial charge in [0.05, 0.1) is 15.2 Å². The summed E-state index contributed by atoms with van der Waals surface area (Å²) in [7, 11) is 0. The van der Waals surface area contributed by atoms with E-state index in [2.05, 4.69) is 31.9 Å². The zero-order valence-corrected chi connectivity index (χ0v) is 16.5. The average Bonchev–Trinajstić information content (AvgIpc) is 3.37. The normalized spacial score (nSPS) is 13.2. The molecule has 0 bridgehead atoms. The van der Waals surface area contributed by atoms with Crippen LogP contribution in [-0.4, -0.2) is 24.3 Å². The second-order valence-corrected chi connectivity index (χ2v) is 8.59. The molecule has 1 heterocycles. The van der Waals surface area contributed by atoms with E-state index in [0.29, 0.717) is 16.3 Å². The minimum absolute atomic E-state index is 0.0144. The van der Waals surface area contributed by atoms with Crippen LogP contribution in [-0.2, 0) is 9.59 Å². The van der Waals surface area contributed by atoms with Gasteiger partial charge in [-0.3, -0.25) is 14.4 Å². The Balaban J connectivity index is 1.56. The van der Waals surface area contributed by atoms with Gasteiger partial charge < -0.3 is 16.0 Å². The van der Waals surface area contributed by atoms with Gasteiger partial charge in [0.25, 0.3) is 5.91 Å². The zero-order chi connectivity index (χ0) is 18.7. The maximum absolute atomic E-state index is 12.1. The fourth-order valence-corrected chi connectivity index (χ4v) is 3.61. The molecule has 0 radical (unpaired) electrons. The number of hydrogen-bond donors (Lipinski definition) is 3. The lowest BCUT2D eigenvalue weighted by Crippen LogP contribution is -2.32. The summed E-state index contributed by atoms with van der Waals surface area (Å²) in [6.07, 6.45) is 1.86. The van der Waals surface area contributed by atoms with Crippen LogP contribution in [0.15, 0.2) is 34.1 Å². The van der Waals surface area contributed by atoms with Crippen LogP contribution in [0.3, 0.4) is 0 Å². The molecule has 3 amide bonds. The summed E-state index contributed by atoms with van der Waals surface area (Å²) < 4.78 is 0.854. The van der Waals surface area contributed by atoms with Crippen LogP contribution < -0.4 is 16.0 Å². The van der Waals surface area contributed by atoms with Crippen LogP contribution in [0.4, 0.5) is 11.4 Å². The van der Waals surface area contributed by atoms with Crippen LogP contribution in [0.2, 0.25) is 0 Å². The van der Waals surface area contributed by atoms with Crippen molar-refractivity contribution in [2.75, 3.05) is 17.2 Å². The molecule has 1 aromatic heterocycles. The molecular formula is C18H18BrN3O3S. The van der Waals surface area contributed by atoms with Crippen LogP contribution >= 0.6 is 27.3 Å². The molecular weight excluding hydrogens is 418 g/mol. The zero-order valence-electron chi connectivity index (χ0n) is 14.1. The Morgan fingerprint density at radius 2 is 1.92 bits per heavy atom. The minimum atomic E-state index is -0.331. The summed E-state index contributed by atoms with van der Waals surface area (Å²) >= 11 is 4.60. The Labute approximate surface area is 163 Å². The third-order valence-electron chi connectivity index (χ3n) is 3.93. The lowest BCUT2D eigenvalue weighted by molar-refractivity contribution is -0.117. The van der Waals surface area contributed by atoms with Gasteiger partial charge >= 0.3 is 0 Å². The summed E-state index contributed by atoms with van der Waals surface area (Å²) in [6.45, 7) is 1.73. The number of thiophene rings is 1. The van der Waals surface area contributed by atoms with Gasteiger partial charge in [-0.2, -0.15) is 0 Å². The molecule has 136 valence electrons. The molecule has 2 aromatic rings. The summed E-state index contributed by atoms with van der Waals surface area (Å²) in [4.78, 5) is 36.5. The third kappa shape index (κ3) is 4.92. The molecule has 1 fully saturated rings. The van der Waals surface area contributed by atoms with Gasteiger partial charge in [-0.15, -0.1) is 11.3 Å². The Kier molecular flexibility index (Phi) is 5.73. The van der Waals surface area contributed by atoms with Crippen molar-refractivity contribution < 1.29 is 14.4 Å². The van der Waals surface area contributed by atoms with Crippen LogP contribution in [0, 0.1) is 12.8 Å². The second-order valence-electron chi connectivity index (χ2n) is 6.13. The molecule has 26 heavy (non-hydrogen) atoms. The number of halogens is 1. The van der Waals surface area contributed by atoms with E-state index in [9.17, 15) is 14.4 Å². The van der Waals surface area contributed by atoms with Crippen molar-refractivity contribution in [1.82, 2.24) is 5.32 Å². The fourth-order valence-electron chi connectivity index (χ4n) is 2.30. The topological polar surface area (TPSA) is 87.3 Å². The molecule has 1 aliphatic carbocycles. The Morgan fingerprint density at radius 1 is 1.15 bits per heavy atom. The van der Waals surface area contributed by atoms with Crippen molar-refractivity contribution in [2.24, 2.45) is 5.92 Å². The van der Waals surface area contributed by atoms with E-state index in [4.69, 9.17) is 0 Å². The second kappa shape index (κ2) is 8.01. The van der Waals surface area contributed by atoms with Crippen molar-refractivity contribution in [1.29, 1.82) is 0 Å². The number of anilines is 2. The monoisotopic (exact) mass is 435 g/mol. The predicted molar refractivity (Wildman–Crippen MR) is 106 cm³/mol. The highest BCUT2D eigenvalue weighted by molar-refractivity contribution is 9.11. The number of aryl methyl sites for hydroxylation is 1. The highest BCUT2D eigenvalue weighted by Crippen LogP contribution is 2.30. The van der Waals surface area contributed by atoms with E-state index in [1.165, 1.54) is 11.3 Å². The number of amides is 3. The molecule has 1 aliphatic rings. The molecule has 6 nitrogen and oxygen atoms in total. The largest absolute Gasteiger partial charge is 0.342 e. The van der Waals surface area contributed by atoms with E-state index in [0.717, 1.165) is 22.2 Å². The number of nitrogens with one attached hydrogen (secondary N) is 3. The maximum atomic E-state index is 12.1. The molecule has 3 rings (SSSR count). The van der Waals surface area contributed by atoms with Crippen molar-refractivity contribution in [3.63, 3.8) is 0 Å². The van der Waals surface area contributed by atoms with Crippen molar-refractivity contribution in [3.05, 3.63) is 44.6 Å². The summed E-state index contributed by atoms with van der Waals surface area (Å²) in [6, 6.07) is 8.84. The first-order valence-corrected chi connectivity index (χ1v) is 9.78. The number of benzene rings is 1. The van der Waals surface area contributed by atoms with Gasteiger partial charge in [-0.1, -0.05) is 6.07 Å². The molecule has 0 saturated heterocycles. The minimum Gasteiger partial charge on any atom is -0.342 e. The fraction of sp³-hybridized carbons (Fsp3) is 0.278. The predicted octanol–water partition coefficient (Wildman–Crippen LogP) is 3.54. The number of carbonyl (C=O) groups is 3. The smallest absolute Gasteiger partial charge is 0.261 e. The van der Waals surface area contributed by atoms with Crippen molar-refractivity contribution in [2.45, 2.75) is 19.8 Å². The van der Waals surface area contributed by atoms with Gasteiger partial charge in [0.15, 0.2) is 0 Å². The molecule has 0 spiro atoms. The van der Waals surface area contributed by atoms with Gasteiger partial charge in [0.1, 0.15) is 0 Å². The Hall–Kier alpha value is -2.19. The number of hydrogen-bond acceptors (Lipinski definition) is 4. The first-order valence-electron chi connectivity index (χ1n) is 8.17. The van der Waals surface area contributed by atoms with Crippen LogP contribution in [0.1, 0.15) is 28.1 Å². The van der Waals surface area contributed by atoms with E-state index >= 15 is 0 Å². The van der Waals surface area contributed by atoms with E-state index < -0.39 is 0 Å². The lowest BCUT2D eigenvalue weighted by Gasteiger charge is -2.12. The third-order valence-corrected chi connectivity index (χ3v) is 5.56. The van der Waals surface area contributed by atoms with Gasteiger partial charge in [0.2, 0.25) is 11.8 Å². The molecule has 3 N–H and O–H groups in total. The van der Waals surface area contributed by atoms with Crippen molar-refractivity contribution >= 4 is 56.4 Å². The molecule has 8 heteroatoms. The van der Waals surface area contributed by atoms with Gasteiger partial charge in [-0.05, 0) is 65.5 Å². The Morgan fingerprint density at radius 3 is 2.58 bits per heavy atom. The van der Waals surface area contributed by atoms with Crippen LogP contribution in [0.5, 0.6) is 0 Å². The van der Waals surface area contributed by atoms with E-state index in [-0.39, 0.29) is 30.2 Å². The summed E-state index contributed by atoms with van der Waals surface area (Å²) in [5.41, 5.74) is 2.13.